The first-order chi connectivity index (χ1) is 19.1. The highest BCUT2D eigenvalue weighted by Crippen LogP contribution is 2.29. The van der Waals surface area contributed by atoms with Crippen molar-refractivity contribution in [3.63, 3.8) is 0 Å². The molecule has 4 aromatic rings. The van der Waals surface area contributed by atoms with Crippen molar-refractivity contribution in [1.29, 1.82) is 0 Å². The predicted octanol–water partition coefficient (Wildman–Crippen LogP) is 6.43. The van der Waals surface area contributed by atoms with Gasteiger partial charge in [-0.25, -0.2) is 4.98 Å². The highest BCUT2D eigenvalue weighted by molar-refractivity contribution is 5.88. The molecular formula is C33H38N6. The van der Waals surface area contributed by atoms with Gasteiger partial charge in [0.2, 0.25) is 0 Å². The van der Waals surface area contributed by atoms with E-state index in [2.05, 4.69) is 82.2 Å². The van der Waals surface area contributed by atoms with Gasteiger partial charge in [-0.15, -0.1) is 0 Å². The molecule has 0 spiro atoms. The van der Waals surface area contributed by atoms with E-state index in [1.807, 2.05) is 30.6 Å². The van der Waals surface area contributed by atoms with Crippen LogP contribution in [-0.4, -0.2) is 34.6 Å². The molecule has 0 radical (unpaired) electrons. The number of benzene rings is 2. The quantitative estimate of drug-likeness (QED) is 0.167. The van der Waals surface area contributed by atoms with Crippen LogP contribution < -0.4 is 16.0 Å². The van der Waals surface area contributed by atoms with Gasteiger partial charge in [0.1, 0.15) is 11.3 Å². The molecule has 6 heteroatoms. The number of imidazole rings is 1. The zero-order valence-electron chi connectivity index (χ0n) is 22.8. The molecule has 1 aliphatic rings. The number of aromatic nitrogens is 3. The Balaban J connectivity index is 1.33. The summed E-state index contributed by atoms with van der Waals surface area (Å²) in [6.45, 7) is 9.78. The number of H-pyrrole nitrogens is 1. The molecule has 200 valence electrons. The second kappa shape index (κ2) is 12.6. The molecule has 4 N–H and O–H groups in total. The number of nitrogens with zero attached hydrogens (tertiary/aromatic N) is 3. The molecule has 39 heavy (non-hydrogen) atoms. The summed E-state index contributed by atoms with van der Waals surface area (Å²) in [6, 6.07) is 16.7. The van der Waals surface area contributed by atoms with Crippen LogP contribution in [0.5, 0.6) is 0 Å². The molecule has 1 aliphatic heterocycles. The third kappa shape index (κ3) is 6.47. The maximum absolute atomic E-state index is 6.45. The monoisotopic (exact) mass is 518 g/mol. The molecule has 0 unspecified atom stereocenters. The van der Waals surface area contributed by atoms with Gasteiger partial charge in [0.05, 0.1) is 23.6 Å². The average molecular weight is 519 g/mol. The molecular weight excluding hydrogens is 480 g/mol. The summed E-state index contributed by atoms with van der Waals surface area (Å²) >= 11 is 0. The van der Waals surface area contributed by atoms with Gasteiger partial charge in [-0.3, -0.25) is 4.98 Å². The lowest BCUT2D eigenvalue weighted by atomic mass is 9.98. The van der Waals surface area contributed by atoms with Gasteiger partial charge in [-0.05, 0) is 66.2 Å². The van der Waals surface area contributed by atoms with Crippen molar-refractivity contribution in [2.24, 2.45) is 0 Å². The molecule has 0 atom stereocenters. The second-order valence-electron chi connectivity index (χ2n) is 10.1. The maximum Gasteiger partial charge on any atom is 0.115 e. The largest absolute Gasteiger partial charge is 0.398 e. The Hall–Kier alpha value is -4.16. The minimum atomic E-state index is 0.626. The van der Waals surface area contributed by atoms with Crippen molar-refractivity contribution in [3.05, 3.63) is 114 Å². The fourth-order valence-electron chi connectivity index (χ4n) is 5.20. The lowest BCUT2D eigenvalue weighted by Crippen LogP contribution is -2.29. The standard InChI is InChI=1S/C33H38N6/c1-3-24(20-35-21-25-11-7-5-8-12-25)17-26(4-2)27-13-14-29(34)28(18-27)19-32-37-30-22-36-23-31(33(30)38-32)39-15-9-6-10-16-39/h3-5,7-8,11-14,17-18,22-23,35H,1,6,9-10,15-16,19-21,34H2,2H3,(H,37,38)/b24-17+,26-4+. The fourth-order valence-corrected chi connectivity index (χ4v) is 5.20. The minimum Gasteiger partial charge on any atom is -0.398 e. The predicted molar refractivity (Wildman–Crippen MR) is 164 cm³/mol. The third-order valence-corrected chi connectivity index (χ3v) is 7.37. The van der Waals surface area contributed by atoms with Crippen LogP contribution in [0.15, 0.2) is 91.3 Å². The van der Waals surface area contributed by atoms with E-state index in [9.17, 15) is 0 Å². The number of nitrogens with one attached hydrogen (secondary N) is 2. The highest BCUT2D eigenvalue weighted by Gasteiger charge is 2.17. The topological polar surface area (TPSA) is 82.9 Å². The van der Waals surface area contributed by atoms with Crippen molar-refractivity contribution in [2.75, 3.05) is 30.3 Å². The Morgan fingerprint density at radius 3 is 2.69 bits per heavy atom. The smallest absolute Gasteiger partial charge is 0.115 e. The Kier molecular flexibility index (Phi) is 8.54. The molecule has 0 saturated carbocycles. The molecule has 1 fully saturated rings. The van der Waals surface area contributed by atoms with Gasteiger partial charge in [-0.1, -0.05) is 61.2 Å². The zero-order valence-corrected chi connectivity index (χ0v) is 22.8. The van der Waals surface area contributed by atoms with E-state index in [1.165, 1.54) is 24.8 Å². The summed E-state index contributed by atoms with van der Waals surface area (Å²) in [6.07, 6.45) is 14.4. The van der Waals surface area contributed by atoms with Crippen molar-refractivity contribution < 1.29 is 0 Å². The third-order valence-electron chi connectivity index (χ3n) is 7.37. The Morgan fingerprint density at radius 1 is 1.10 bits per heavy atom. The lowest BCUT2D eigenvalue weighted by Gasteiger charge is -2.28. The molecule has 2 aromatic carbocycles. The van der Waals surface area contributed by atoms with Crippen LogP contribution in [-0.2, 0) is 13.0 Å². The first-order valence-corrected chi connectivity index (χ1v) is 13.8. The van der Waals surface area contributed by atoms with Crippen LogP contribution in [0.4, 0.5) is 11.4 Å². The van der Waals surface area contributed by atoms with Gasteiger partial charge < -0.3 is 20.9 Å². The number of hydrogen-bond donors (Lipinski definition) is 3. The number of anilines is 2. The Bertz CT molecular complexity index is 1470. The van der Waals surface area contributed by atoms with E-state index in [-0.39, 0.29) is 0 Å². The van der Waals surface area contributed by atoms with Gasteiger partial charge in [0.15, 0.2) is 0 Å². The fraction of sp³-hybridized carbons (Fsp3) is 0.273. The van der Waals surface area contributed by atoms with Crippen LogP contribution in [0.25, 0.3) is 16.6 Å². The molecule has 0 amide bonds. The Morgan fingerprint density at radius 2 is 1.92 bits per heavy atom. The van der Waals surface area contributed by atoms with Gasteiger partial charge in [0, 0.05) is 38.3 Å². The first-order valence-electron chi connectivity index (χ1n) is 13.8. The van der Waals surface area contributed by atoms with Crippen LogP contribution >= 0.6 is 0 Å². The van der Waals surface area contributed by atoms with E-state index >= 15 is 0 Å². The number of rotatable bonds is 10. The summed E-state index contributed by atoms with van der Waals surface area (Å²) in [5.41, 5.74) is 16.0. The minimum absolute atomic E-state index is 0.626. The summed E-state index contributed by atoms with van der Waals surface area (Å²) in [4.78, 5) is 15.4. The zero-order chi connectivity index (χ0) is 27.0. The first kappa shape index (κ1) is 26.4. The normalized spacial score (nSPS) is 14.6. The van der Waals surface area contributed by atoms with Crippen LogP contribution in [0.3, 0.4) is 0 Å². The average Bonchev–Trinajstić information content (AvgIpc) is 3.40. The van der Waals surface area contributed by atoms with E-state index in [0.717, 1.165) is 76.7 Å². The van der Waals surface area contributed by atoms with Crippen molar-refractivity contribution in [3.8, 4) is 0 Å². The van der Waals surface area contributed by atoms with Crippen molar-refractivity contribution in [2.45, 2.75) is 39.2 Å². The molecule has 2 aromatic heterocycles. The summed E-state index contributed by atoms with van der Waals surface area (Å²) < 4.78 is 0. The second-order valence-corrected chi connectivity index (χ2v) is 10.1. The van der Waals surface area contributed by atoms with E-state index in [1.54, 1.807) is 0 Å². The van der Waals surface area contributed by atoms with E-state index in [0.29, 0.717) is 6.42 Å². The Labute approximate surface area is 231 Å². The van der Waals surface area contributed by atoms with Crippen molar-refractivity contribution >= 4 is 28.0 Å². The molecule has 1 saturated heterocycles. The SMILES string of the molecule is C=C/C(=C\C(=C/C)c1ccc(N)c(Cc2nc3c(N4CCCCC4)cncc3[nH]2)c1)CNCc1ccccc1. The molecule has 0 aliphatic carbocycles. The van der Waals surface area contributed by atoms with Crippen LogP contribution in [0, 0.1) is 0 Å². The van der Waals surface area contributed by atoms with Gasteiger partial charge in [0.25, 0.3) is 0 Å². The number of allylic oxidation sites excluding steroid dienone is 3. The van der Waals surface area contributed by atoms with Crippen LogP contribution in [0.2, 0.25) is 0 Å². The highest BCUT2D eigenvalue weighted by atomic mass is 15.2. The molecule has 0 bridgehead atoms. The number of pyridine rings is 1. The number of fused-ring (bicyclic) bond motifs is 1. The molecule has 3 heterocycles. The number of nitrogen functional groups attached to an aromatic ring is 1. The molecule has 5 rings (SSSR count). The summed E-state index contributed by atoms with van der Waals surface area (Å²) in [5.74, 6) is 0.898. The number of piperidine rings is 1. The van der Waals surface area contributed by atoms with Gasteiger partial charge in [-0.2, -0.15) is 0 Å². The number of nitrogens with two attached hydrogens (primary N) is 1. The van der Waals surface area contributed by atoms with Crippen molar-refractivity contribution in [1.82, 2.24) is 20.3 Å². The number of aromatic amines is 1. The van der Waals surface area contributed by atoms with E-state index in [4.69, 9.17) is 10.7 Å². The van der Waals surface area contributed by atoms with E-state index < -0.39 is 0 Å². The molecule has 6 nitrogen and oxygen atoms in total. The summed E-state index contributed by atoms with van der Waals surface area (Å²) in [7, 11) is 0. The van der Waals surface area contributed by atoms with Gasteiger partial charge >= 0.3 is 0 Å². The summed E-state index contributed by atoms with van der Waals surface area (Å²) in [5, 5.41) is 3.52. The lowest BCUT2D eigenvalue weighted by molar-refractivity contribution is 0.578. The number of hydrogen-bond acceptors (Lipinski definition) is 5. The maximum atomic E-state index is 6.45. The van der Waals surface area contributed by atoms with Crippen LogP contribution in [0.1, 0.15) is 48.7 Å².